The second kappa shape index (κ2) is 6.14. The molecular weight excluding hydrogens is 290 g/mol. The van der Waals surface area contributed by atoms with Crippen molar-refractivity contribution in [2.45, 2.75) is 23.3 Å². The van der Waals surface area contributed by atoms with Gasteiger partial charge in [-0.1, -0.05) is 29.8 Å². The van der Waals surface area contributed by atoms with Crippen LogP contribution in [0.5, 0.6) is 0 Å². The van der Waals surface area contributed by atoms with E-state index in [2.05, 4.69) is 34.7 Å². The Kier molecular flexibility index (Phi) is 4.27. The van der Waals surface area contributed by atoms with Gasteiger partial charge in [0.1, 0.15) is 0 Å². The number of thioether (sulfide) groups is 1. The number of rotatable bonds is 4. The van der Waals surface area contributed by atoms with Crippen LogP contribution in [0.4, 0.5) is 0 Å². The monoisotopic (exact) mass is 305 g/mol. The molecule has 1 aromatic carbocycles. The van der Waals surface area contributed by atoms with Crippen molar-refractivity contribution in [1.29, 1.82) is 0 Å². The van der Waals surface area contributed by atoms with Crippen molar-refractivity contribution < 1.29 is 0 Å². The molecule has 3 N–H and O–H groups in total. The van der Waals surface area contributed by atoms with Crippen molar-refractivity contribution in [2.24, 2.45) is 5.84 Å². The Morgan fingerprint density at radius 3 is 3.05 bits per heavy atom. The van der Waals surface area contributed by atoms with Gasteiger partial charge in [0.05, 0.1) is 5.02 Å². The highest BCUT2D eigenvalue weighted by Gasteiger charge is 2.30. The van der Waals surface area contributed by atoms with Gasteiger partial charge < -0.3 is 0 Å². The maximum atomic E-state index is 6.20. The normalized spacial score (nSPS) is 18.8. The molecule has 0 fully saturated rings. The Morgan fingerprint density at radius 2 is 2.25 bits per heavy atom. The summed E-state index contributed by atoms with van der Waals surface area (Å²) in [4.78, 5) is 5.38. The van der Waals surface area contributed by atoms with Crippen LogP contribution in [0.25, 0.3) is 0 Å². The van der Waals surface area contributed by atoms with Gasteiger partial charge in [0, 0.05) is 35.0 Å². The number of hydrazine groups is 1. The summed E-state index contributed by atoms with van der Waals surface area (Å²) >= 11 is 8.09. The van der Waals surface area contributed by atoms with Crippen molar-refractivity contribution in [3.05, 3.63) is 58.9 Å². The predicted molar refractivity (Wildman–Crippen MR) is 84.0 cm³/mol. The van der Waals surface area contributed by atoms with E-state index in [0.29, 0.717) is 10.9 Å². The molecule has 0 saturated heterocycles. The second-order valence-corrected chi connectivity index (χ2v) is 6.37. The van der Waals surface area contributed by atoms with E-state index in [4.69, 9.17) is 17.4 Å². The summed E-state index contributed by atoms with van der Waals surface area (Å²) < 4.78 is 0. The topological polar surface area (TPSA) is 50.9 Å². The molecule has 3 nitrogen and oxygen atoms in total. The number of aromatic nitrogens is 1. The Balaban J connectivity index is 1.83. The van der Waals surface area contributed by atoms with Crippen LogP contribution in [0, 0.1) is 0 Å². The summed E-state index contributed by atoms with van der Waals surface area (Å²) in [7, 11) is 0. The van der Waals surface area contributed by atoms with Crippen LogP contribution in [0.1, 0.15) is 17.0 Å². The molecule has 1 aliphatic heterocycles. The number of halogens is 1. The molecule has 1 aliphatic rings. The quantitative estimate of drug-likeness (QED) is 0.673. The molecule has 104 valence electrons. The first-order chi connectivity index (χ1) is 9.79. The molecule has 0 bridgehead atoms. The highest BCUT2D eigenvalue weighted by atomic mass is 35.5. The molecule has 1 aromatic heterocycles. The van der Waals surface area contributed by atoms with Gasteiger partial charge >= 0.3 is 0 Å². The van der Waals surface area contributed by atoms with Crippen LogP contribution < -0.4 is 11.3 Å². The first-order valence-electron chi connectivity index (χ1n) is 6.56. The third kappa shape index (κ3) is 2.69. The smallest absolute Gasteiger partial charge is 0.0621 e. The Bertz CT molecular complexity index is 605. The largest absolute Gasteiger partial charge is 0.271 e. The second-order valence-electron chi connectivity index (χ2n) is 4.90. The van der Waals surface area contributed by atoms with Crippen molar-refractivity contribution >= 4 is 23.4 Å². The SMILES string of the molecule is NNC(Cc1ccncc1Cl)C1CSc2ccccc21. The minimum absolute atomic E-state index is 0.172. The zero-order valence-electron chi connectivity index (χ0n) is 10.9. The molecule has 0 amide bonds. The zero-order chi connectivity index (χ0) is 13.9. The molecule has 0 aliphatic carbocycles. The number of nitrogens with zero attached hydrogens (tertiary/aromatic N) is 1. The molecule has 0 saturated carbocycles. The zero-order valence-corrected chi connectivity index (χ0v) is 12.5. The molecule has 0 radical (unpaired) electrons. The predicted octanol–water partition coefficient (Wildman–Crippen LogP) is 3.00. The average Bonchev–Trinajstić information content (AvgIpc) is 2.90. The lowest BCUT2D eigenvalue weighted by molar-refractivity contribution is 0.463. The van der Waals surface area contributed by atoms with Gasteiger partial charge in [-0.15, -0.1) is 11.8 Å². The molecular formula is C15H16ClN3S. The fourth-order valence-electron chi connectivity index (χ4n) is 2.64. The Morgan fingerprint density at radius 1 is 1.40 bits per heavy atom. The highest BCUT2D eigenvalue weighted by molar-refractivity contribution is 7.99. The van der Waals surface area contributed by atoms with Gasteiger partial charge in [0.25, 0.3) is 0 Å². The van der Waals surface area contributed by atoms with E-state index in [1.165, 1.54) is 10.5 Å². The molecule has 2 heterocycles. The Hall–Kier alpha value is -1.07. The number of fused-ring (bicyclic) bond motifs is 1. The van der Waals surface area contributed by atoms with Crippen LogP contribution in [0.3, 0.4) is 0 Å². The standard InChI is InChI=1S/C15H16ClN3S/c16-13-8-18-6-5-10(13)7-14(19-17)12-9-20-15-4-2-1-3-11(12)15/h1-6,8,12,14,19H,7,9,17H2. The summed E-state index contributed by atoms with van der Waals surface area (Å²) in [6.45, 7) is 0. The van der Waals surface area contributed by atoms with E-state index < -0.39 is 0 Å². The minimum atomic E-state index is 0.172. The number of nitrogens with one attached hydrogen (secondary N) is 1. The Labute approximate surface area is 127 Å². The van der Waals surface area contributed by atoms with Crippen LogP contribution in [0.2, 0.25) is 5.02 Å². The summed E-state index contributed by atoms with van der Waals surface area (Å²) in [5.74, 6) is 7.25. The fourth-order valence-corrected chi connectivity index (χ4v) is 4.17. The van der Waals surface area contributed by atoms with Crippen LogP contribution in [-0.2, 0) is 6.42 Å². The molecule has 20 heavy (non-hydrogen) atoms. The van der Waals surface area contributed by atoms with Crippen molar-refractivity contribution in [3.8, 4) is 0 Å². The number of hydrogen-bond acceptors (Lipinski definition) is 4. The third-order valence-electron chi connectivity index (χ3n) is 3.73. The molecule has 2 atom stereocenters. The first kappa shape index (κ1) is 13.9. The van der Waals surface area contributed by atoms with Gasteiger partial charge in [0.2, 0.25) is 0 Å². The summed E-state index contributed by atoms with van der Waals surface area (Å²) in [5, 5.41) is 0.701. The van der Waals surface area contributed by atoms with Gasteiger partial charge in [-0.05, 0) is 29.7 Å². The lowest BCUT2D eigenvalue weighted by Gasteiger charge is -2.23. The van der Waals surface area contributed by atoms with Crippen LogP contribution in [0.15, 0.2) is 47.6 Å². The maximum absolute atomic E-state index is 6.20. The van der Waals surface area contributed by atoms with Gasteiger partial charge in [-0.2, -0.15) is 0 Å². The van der Waals surface area contributed by atoms with Gasteiger partial charge in [-0.3, -0.25) is 16.3 Å². The van der Waals surface area contributed by atoms with Gasteiger partial charge in [0.15, 0.2) is 0 Å². The van der Waals surface area contributed by atoms with E-state index >= 15 is 0 Å². The third-order valence-corrected chi connectivity index (χ3v) is 5.28. The number of benzene rings is 1. The average molecular weight is 306 g/mol. The van der Waals surface area contributed by atoms with E-state index in [-0.39, 0.29) is 6.04 Å². The minimum Gasteiger partial charge on any atom is -0.271 e. The fraction of sp³-hybridized carbons (Fsp3) is 0.267. The van der Waals surface area contributed by atoms with E-state index in [1.807, 2.05) is 17.8 Å². The molecule has 2 aromatic rings. The lowest BCUT2D eigenvalue weighted by atomic mass is 9.90. The van der Waals surface area contributed by atoms with Crippen LogP contribution >= 0.6 is 23.4 Å². The van der Waals surface area contributed by atoms with Crippen molar-refractivity contribution in [1.82, 2.24) is 10.4 Å². The molecule has 2 unspecified atom stereocenters. The van der Waals surface area contributed by atoms with Crippen molar-refractivity contribution in [2.75, 3.05) is 5.75 Å². The summed E-state index contributed by atoms with van der Waals surface area (Å²) in [6, 6.07) is 10.7. The number of pyridine rings is 1. The number of nitrogens with two attached hydrogens (primary N) is 1. The molecule has 0 spiro atoms. The maximum Gasteiger partial charge on any atom is 0.0621 e. The molecule has 5 heteroatoms. The summed E-state index contributed by atoms with van der Waals surface area (Å²) in [5.41, 5.74) is 5.43. The summed E-state index contributed by atoms with van der Waals surface area (Å²) in [6.07, 6.45) is 4.26. The van der Waals surface area contributed by atoms with Crippen molar-refractivity contribution in [3.63, 3.8) is 0 Å². The van der Waals surface area contributed by atoms with E-state index in [0.717, 1.165) is 17.7 Å². The van der Waals surface area contributed by atoms with E-state index in [9.17, 15) is 0 Å². The highest BCUT2D eigenvalue weighted by Crippen LogP contribution is 2.41. The molecule has 3 rings (SSSR count). The van der Waals surface area contributed by atoms with Crippen LogP contribution in [-0.4, -0.2) is 16.8 Å². The van der Waals surface area contributed by atoms with E-state index in [1.54, 1.807) is 12.4 Å². The first-order valence-corrected chi connectivity index (χ1v) is 7.92. The lowest BCUT2D eigenvalue weighted by Crippen LogP contribution is -2.41. The van der Waals surface area contributed by atoms with Gasteiger partial charge in [-0.25, -0.2) is 0 Å². The number of hydrogen-bond donors (Lipinski definition) is 2.